The van der Waals surface area contributed by atoms with Crippen molar-refractivity contribution < 1.29 is 8.81 Å². The largest absolute Gasteiger partial charge is 0.436 e. The molecule has 3 aromatic rings. The second kappa shape index (κ2) is 4.77. The van der Waals surface area contributed by atoms with Gasteiger partial charge in [-0.1, -0.05) is 12.1 Å². The van der Waals surface area contributed by atoms with Crippen LogP contribution in [0.4, 0.5) is 10.1 Å². The fourth-order valence-corrected chi connectivity index (χ4v) is 1.94. The van der Waals surface area contributed by atoms with E-state index in [1.165, 1.54) is 6.07 Å². The smallest absolute Gasteiger partial charge is 0.230 e. The number of amidine groups is 1. The molecule has 0 spiro atoms. The normalized spacial score (nSPS) is 12.0. The summed E-state index contributed by atoms with van der Waals surface area (Å²) in [5, 5.41) is 0. The van der Waals surface area contributed by atoms with Crippen LogP contribution < -0.4 is 5.73 Å². The van der Waals surface area contributed by atoms with E-state index in [2.05, 4.69) is 9.98 Å². The Hall–Kier alpha value is -2.69. The van der Waals surface area contributed by atoms with E-state index >= 15 is 0 Å². The van der Waals surface area contributed by atoms with E-state index in [1.807, 2.05) is 0 Å². The zero-order valence-corrected chi connectivity index (χ0v) is 10.8. The lowest BCUT2D eigenvalue weighted by molar-refractivity contribution is 0.593. The van der Waals surface area contributed by atoms with Gasteiger partial charge in [-0.05, 0) is 31.2 Å². The van der Waals surface area contributed by atoms with Crippen LogP contribution in [0.2, 0.25) is 0 Å². The maximum atomic E-state index is 13.7. The molecule has 100 valence electrons. The summed E-state index contributed by atoms with van der Waals surface area (Å²) in [4.78, 5) is 8.42. The first-order valence-electron chi connectivity index (χ1n) is 6.10. The summed E-state index contributed by atoms with van der Waals surface area (Å²) in [7, 11) is 0. The number of aliphatic imine (C=N–C) groups is 1. The molecule has 0 atom stereocenters. The minimum atomic E-state index is -0.366. The molecule has 3 rings (SSSR count). The van der Waals surface area contributed by atoms with Gasteiger partial charge in [-0.3, -0.25) is 0 Å². The van der Waals surface area contributed by atoms with Crippen molar-refractivity contribution >= 4 is 22.6 Å². The highest BCUT2D eigenvalue weighted by molar-refractivity contribution is 5.84. The van der Waals surface area contributed by atoms with Crippen molar-refractivity contribution in [3.63, 3.8) is 0 Å². The number of aromatic nitrogens is 1. The van der Waals surface area contributed by atoms with E-state index in [1.54, 1.807) is 43.3 Å². The van der Waals surface area contributed by atoms with Gasteiger partial charge in [-0.15, -0.1) is 0 Å². The molecule has 0 aliphatic carbocycles. The average Bonchev–Trinajstić information content (AvgIpc) is 2.81. The van der Waals surface area contributed by atoms with Crippen molar-refractivity contribution in [3.8, 4) is 11.5 Å². The van der Waals surface area contributed by atoms with E-state index < -0.39 is 0 Å². The van der Waals surface area contributed by atoms with E-state index in [0.29, 0.717) is 28.2 Å². The molecule has 0 aliphatic rings. The number of halogens is 1. The minimum Gasteiger partial charge on any atom is -0.436 e. The topological polar surface area (TPSA) is 64.4 Å². The second-order valence-electron chi connectivity index (χ2n) is 4.40. The van der Waals surface area contributed by atoms with Gasteiger partial charge in [0.1, 0.15) is 11.3 Å². The molecule has 0 fully saturated rings. The quantitative estimate of drug-likeness (QED) is 0.570. The number of oxazole rings is 1. The SMILES string of the molecule is CC(N)=Nc1ccc2nc(-c3ccccc3F)oc2c1. The first kappa shape index (κ1) is 12.3. The van der Waals surface area contributed by atoms with Crippen molar-refractivity contribution in [2.24, 2.45) is 10.7 Å². The molecule has 1 aromatic heterocycles. The van der Waals surface area contributed by atoms with E-state index in [-0.39, 0.29) is 11.7 Å². The van der Waals surface area contributed by atoms with Crippen molar-refractivity contribution in [2.45, 2.75) is 6.92 Å². The predicted molar refractivity (Wildman–Crippen MR) is 76.4 cm³/mol. The Bertz CT molecular complexity index is 804. The number of rotatable bonds is 2. The van der Waals surface area contributed by atoms with E-state index in [4.69, 9.17) is 10.2 Å². The molecule has 1 heterocycles. The van der Waals surface area contributed by atoms with Crippen LogP contribution >= 0.6 is 0 Å². The first-order valence-corrected chi connectivity index (χ1v) is 6.10. The van der Waals surface area contributed by atoms with Crippen LogP contribution in [0.25, 0.3) is 22.6 Å². The molecule has 2 N–H and O–H groups in total. The monoisotopic (exact) mass is 269 g/mol. The number of nitrogens with two attached hydrogens (primary N) is 1. The fourth-order valence-electron chi connectivity index (χ4n) is 1.94. The molecule has 0 saturated carbocycles. The molecular weight excluding hydrogens is 257 g/mol. The molecular formula is C15H12FN3O. The minimum absolute atomic E-state index is 0.253. The summed E-state index contributed by atoms with van der Waals surface area (Å²) < 4.78 is 19.3. The molecule has 0 amide bonds. The Labute approximate surface area is 114 Å². The van der Waals surface area contributed by atoms with Gasteiger partial charge in [0, 0.05) is 6.07 Å². The van der Waals surface area contributed by atoms with Crippen LogP contribution in [0.1, 0.15) is 6.92 Å². The molecule has 2 aromatic carbocycles. The van der Waals surface area contributed by atoms with Crippen LogP contribution in [0.15, 0.2) is 51.9 Å². The molecule has 0 aliphatic heterocycles. The number of nitrogens with zero attached hydrogens (tertiary/aromatic N) is 2. The lowest BCUT2D eigenvalue weighted by Crippen LogP contribution is -2.03. The van der Waals surface area contributed by atoms with Gasteiger partial charge < -0.3 is 10.2 Å². The zero-order valence-electron chi connectivity index (χ0n) is 10.8. The van der Waals surface area contributed by atoms with Crippen LogP contribution in [-0.4, -0.2) is 10.8 Å². The highest BCUT2D eigenvalue weighted by Gasteiger charge is 2.12. The van der Waals surface area contributed by atoms with Crippen molar-refractivity contribution in [1.29, 1.82) is 0 Å². The molecule has 5 heteroatoms. The third-order valence-electron chi connectivity index (χ3n) is 2.78. The maximum absolute atomic E-state index is 13.7. The summed E-state index contributed by atoms with van der Waals surface area (Å²) in [6, 6.07) is 11.6. The summed E-state index contributed by atoms with van der Waals surface area (Å²) in [5.41, 5.74) is 7.75. The van der Waals surface area contributed by atoms with Crippen LogP contribution in [0.5, 0.6) is 0 Å². The van der Waals surface area contributed by atoms with E-state index in [0.717, 1.165) is 0 Å². The van der Waals surface area contributed by atoms with E-state index in [9.17, 15) is 4.39 Å². The maximum Gasteiger partial charge on any atom is 0.230 e. The van der Waals surface area contributed by atoms with Crippen molar-refractivity contribution in [3.05, 3.63) is 48.3 Å². The van der Waals surface area contributed by atoms with Crippen LogP contribution in [0.3, 0.4) is 0 Å². The Morgan fingerprint density at radius 2 is 2.05 bits per heavy atom. The third kappa shape index (κ3) is 2.25. The summed E-state index contributed by atoms with van der Waals surface area (Å²) in [5.74, 6) is 0.344. The lowest BCUT2D eigenvalue weighted by Gasteiger charge is -1.95. The fraction of sp³-hybridized carbons (Fsp3) is 0.0667. The Morgan fingerprint density at radius 1 is 1.25 bits per heavy atom. The van der Waals surface area contributed by atoms with Gasteiger partial charge in [0.25, 0.3) is 0 Å². The van der Waals surface area contributed by atoms with Gasteiger partial charge in [0.15, 0.2) is 5.58 Å². The highest BCUT2D eigenvalue weighted by atomic mass is 19.1. The number of fused-ring (bicyclic) bond motifs is 1. The Kier molecular flexibility index (Phi) is 2.95. The van der Waals surface area contributed by atoms with Gasteiger partial charge in [0.2, 0.25) is 5.89 Å². The highest BCUT2D eigenvalue weighted by Crippen LogP contribution is 2.28. The predicted octanol–water partition coefficient (Wildman–Crippen LogP) is 3.64. The van der Waals surface area contributed by atoms with Crippen LogP contribution in [-0.2, 0) is 0 Å². The van der Waals surface area contributed by atoms with Crippen molar-refractivity contribution in [1.82, 2.24) is 4.98 Å². The van der Waals surface area contributed by atoms with Crippen LogP contribution in [0, 0.1) is 5.82 Å². The van der Waals surface area contributed by atoms with Crippen molar-refractivity contribution in [2.75, 3.05) is 0 Å². The average molecular weight is 269 g/mol. The standard InChI is InChI=1S/C15H12FN3O/c1-9(17)18-10-6-7-13-14(8-10)20-15(19-13)11-4-2-3-5-12(11)16/h2-8H,1H3,(H2,17,18). The first-order chi connectivity index (χ1) is 9.63. The summed E-state index contributed by atoms with van der Waals surface area (Å²) in [6.45, 7) is 1.70. The van der Waals surface area contributed by atoms with Gasteiger partial charge >= 0.3 is 0 Å². The Morgan fingerprint density at radius 3 is 2.80 bits per heavy atom. The number of hydrogen-bond donors (Lipinski definition) is 1. The molecule has 0 bridgehead atoms. The molecule has 0 radical (unpaired) electrons. The summed E-state index contributed by atoms with van der Waals surface area (Å²) in [6.07, 6.45) is 0. The van der Waals surface area contributed by atoms with Gasteiger partial charge in [-0.2, -0.15) is 0 Å². The lowest BCUT2D eigenvalue weighted by atomic mass is 10.2. The molecule has 0 unspecified atom stereocenters. The zero-order chi connectivity index (χ0) is 14.1. The number of benzene rings is 2. The third-order valence-corrected chi connectivity index (χ3v) is 2.78. The molecule has 20 heavy (non-hydrogen) atoms. The molecule has 4 nitrogen and oxygen atoms in total. The second-order valence-corrected chi connectivity index (χ2v) is 4.40. The van der Waals surface area contributed by atoms with Gasteiger partial charge in [-0.25, -0.2) is 14.4 Å². The number of hydrogen-bond acceptors (Lipinski definition) is 3. The summed E-state index contributed by atoms with van der Waals surface area (Å²) >= 11 is 0. The molecule has 0 saturated heterocycles. The van der Waals surface area contributed by atoms with Gasteiger partial charge in [0.05, 0.1) is 17.1 Å². The Balaban J connectivity index is 2.12.